The minimum absolute atomic E-state index is 0. The summed E-state index contributed by atoms with van der Waals surface area (Å²) in [7, 11) is 0. The van der Waals surface area contributed by atoms with Crippen LogP contribution in [0, 0.1) is 0 Å². The van der Waals surface area contributed by atoms with Crippen molar-refractivity contribution in [3.8, 4) is 67.8 Å². The summed E-state index contributed by atoms with van der Waals surface area (Å²) >= 11 is 0. The Morgan fingerprint density at radius 3 is 1.06 bits per heavy atom. The van der Waals surface area contributed by atoms with Gasteiger partial charge in [0.1, 0.15) is 23.0 Å². The Morgan fingerprint density at radius 1 is 0.298 bits per heavy atom. The topological polar surface area (TPSA) is 138 Å². The van der Waals surface area contributed by atoms with Crippen LogP contribution < -0.4 is 9.80 Å². The normalized spacial score (nSPS) is 11.3. The van der Waals surface area contributed by atoms with Crippen molar-refractivity contribution < 1.29 is 62.6 Å². The summed E-state index contributed by atoms with van der Waals surface area (Å²) < 4.78 is 0. The van der Waals surface area contributed by atoms with E-state index in [1.165, 1.54) is 33.4 Å². The summed E-state index contributed by atoms with van der Waals surface area (Å²) in [5.41, 5.74) is 20.2. The van der Waals surface area contributed by atoms with Crippen molar-refractivity contribution in [2.75, 3.05) is 9.80 Å². The number of hydrogen-bond acceptors (Lipinski definition) is 10. The van der Waals surface area contributed by atoms with Crippen molar-refractivity contribution in [3.63, 3.8) is 0 Å². The van der Waals surface area contributed by atoms with Crippen LogP contribution in [0.5, 0.6) is 23.0 Å². The van der Waals surface area contributed by atoms with Crippen molar-refractivity contribution in [1.29, 1.82) is 0 Å². The Hall–Kier alpha value is -11.0. The molecule has 0 aliphatic carbocycles. The van der Waals surface area contributed by atoms with Gasteiger partial charge in [0, 0.05) is 105 Å². The number of phenolic OH excluding ortho intramolecular Hbond substituents is 4. The molecule has 10 nitrogen and oxygen atoms in total. The monoisotopic (exact) mass is 1720 g/mol. The van der Waals surface area contributed by atoms with Crippen LogP contribution in [0.1, 0.15) is 113 Å². The zero-order valence-electron chi connectivity index (χ0n) is 59.3. The van der Waals surface area contributed by atoms with Gasteiger partial charge < -0.3 is 30.2 Å². The molecule has 2 heterocycles. The van der Waals surface area contributed by atoms with Crippen LogP contribution in [-0.2, 0) is 42.1 Å². The van der Waals surface area contributed by atoms with Crippen LogP contribution in [0.3, 0.4) is 0 Å². The molecular weight excluding hydrogens is 1640 g/mol. The Bertz CT molecular complexity index is 5250. The van der Waals surface area contributed by atoms with Gasteiger partial charge >= 0.3 is 0 Å². The molecule has 0 unspecified atom stereocenters. The number of aromatic nitrogens is 2. The third kappa shape index (κ3) is 16.2. The van der Waals surface area contributed by atoms with Crippen LogP contribution in [0.4, 0.5) is 45.5 Å². The summed E-state index contributed by atoms with van der Waals surface area (Å²) in [4.78, 5) is 23.5. The van der Waals surface area contributed by atoms with E-state index >= 15 is 0 Å². The van der Waals surface area contributed by atoms with Crippen LogP contribution >= 0.6 is 0 Å². The molecule has 12 heteroatoms. The maximum Gasteiger partial charge on any atom is 0.127 e. The number of nitrogens with zero attached hydrogens (tertiary/aromatic N) is 6. The molecule has 0 saturated carbocycles. The Kier molecular flexibility index (Phi) is 23.8. The number of fused-ring (bicyclic) bond motifs is 2. The number of para-hydroxylation sites is 4. The van der Waals surface area contributed by atoms with Gasteiger partial charge in [-0.25, -0.2) is 9.97 Å². The molecule has 0 aliphatic heterocycles. The van der Waals surface area contributed by atoms with Gasteiger partial charge in [-0.2, -0.15) is 0 Å². The fourth-order valence-corrected chi connectivity index (χ4v) is 13.6. The van der Waals surface area contributed by atoms with Crippen molar-refractivity contribution in [2.45, 2.75) is 79.1 Å². The maximum atomic E-state index is 11.5. The van der Waals surface area contributed by atoms with Gasteiger partial charge in [-0.1, -0.05) is 207 Å². The molecule has 0 fully saturated rings. The Labute approximate surface area is 638 Å². The predicted molar refractivity (Wildman–Crippen MR) is 425 cm³/mol. The molecule has 2 aromatic heterocycles. The summed E-state index contributed by atoms with van der Waals surface area (Å²) in [6.45, 7) is 17.7. The average Bonchev–Trinajstić information content (AvgIpc) is 0.799. The molecule has 0 atom stereocenters. The predicted octanol–water partition coefficient (Wildman–Crippen LogP) is 24.9. The van der Waals surface area contributed by atoms with Gasteiger partial charge in [-0.3, -0.25) is 9.98 Å². The number of aliphatic imine (C=N–C) groups is 2. The van der Waals surface area contributed by atoms with Crippen LogP contribution in [-0.4, -0.2) is 42.8 Å². The summed E-state index contributed by atoms with van der Waals surface area (Å²) in [6, 6.07) is 95.8. The molecule has 0 amide bonds. The van der Waals surface area contributed by atoms with E-state index < -0.39 is 0 Å². The molecule has 4 N–H and O–H groups in total. The zero-order chi connectivity index (χ0) is 71.0. The molecule has 0 saturated heterocycles. The first-order valence-corrected chi connectivity index (χ1v) is 34.8. The summed E-state index contributed by atoms with van der Waals surface area (Å²) in [5.74, 6) is 2.03. The first-order valence-electron chi connectivity index (χ1n) is 34.8. The second-order valence-corrected chi connectivity index (χ2v) is 26.8. The Morgan fingerprint density at radius 2 is 0.644 bits per heavy atom. The van der Waals surface area contributed by atoms with Gasteiger partial charge in [-0.15, -0.1) is 0 Å². The number of rotatable bonds is 18. The van der Waals surface area contributed by atoms with Crippen molar-refractivity contribution >= 4 is 79.5 Å². The molecule has 104 heavy (non-hydrogen) atoms. The van der Waals surface area contributed by atoms with E-state index in [4.69, 9.17) is 20.0 Å². The van der Waals surface area contributed by atoms with Crippen LogP contribution in [0.2, 0.25) is 0 Å². The fourth-order valence-electron chi connectivity index (χ4n) is 13.6. The molecule has 14 aromatic rings. The third-order valence-electron chi connectivity index (χ3n) is 18.5. The standard InChI is InChI=1S/C46H34N4O2.C46H48N2O2.2Pt/c51-44-30-39(49(35-17-5-1-6-18-35)36-19-7-2-8-20-36)27-28-41(44)42-25-14-16-34(48-42)32-47-43-26-13-15-33-29-40(31-45(52)46(33)43)50(37-21-9-3-10-22-37)38-23-11-4-12-24-38;1-27(2)35-15-11-16-36(28(3)4)44(35)32-21-22-39(42(49)24-32)40-19-10-14-34(48-40)26-47-41-20-9-13-31-23-33(25-43(50)46(31)41)45-37(29(5)6)17-12-18-38(45)30(7)8;;/h1-32,51-52H;9-30,49-50H,1-8H3;;. The van der Waals surface area contributed by atoms with E-state index in [9.17, 15) is 20.4 Å². The minimum atomic E-state index is 0. The number of aromatic hydroxyl groups is 4. The van der Waals surface area contributed by atoms with E-state index in [0.29, 0.717) is 79.7 Å². The number of anilines is 6. The minimum Gasteiger partial charge on any atom is -0.507 e. The molecule has 0 bridgehead atoms. The maximum absolute atomic E-state index is 11.5. The number of phenols is 4. The van der Waals surface area contributed by atoms with Crippen molar-refractivity contribution in [1.82, 2.24) is 9.97 Å². The summed E-state index contributed by atoms with van der Waals surface area (Å²) in [5, 5.41) is 48.7. The number of benzene rings is 12. The second kappa shape index (κ2) is 33.4. The van der Waals surface area contributed by atoms with Crippen molar-refractivity contribution in [3.05, 3.63) is 325 Å². The molecular formula is C92H82N6O4Pt2. The van der Waals surface area contributed by atoms with Gasteiger partial charge in [0.2, 0.25) is 0 Å². The van der Waals surface area contributed by atoms with E-state index in [1.807, 2.05) is 224 Å². The molecule has 0 aliphatic rings. The van der Waals surface area contributed by atoms with Crippen LogP contribution in [0.25, 0.3) is 66.3 Å². The largest absolute Gasteiger partial charge is 0.507 e. The fraction of sp³-hybridized carbons (Fsp3) is 0.130. The Balaban J connectivity index is 0.000000205. The quantitative estimate of drug-likeness (QED) is 0.0623. The molecule has 0 radical (unpaired) electrons. The molecule has 0 spiro atoms. The van der Waals surface area contributed by atoms with Gasteiger partial charge in [0.25, 0.3) is 0 Å². The van der Waals surface area contributed by atoms with E-state index in [-0.39, 0.29) is 65.1 Å². The first kappa shape index (κ1) is 74.2. The first-order chi connectivity index (χ1) is 49.6. The number of hydrogen-bond donors (Lipinski definition) is 4. The zero-order valence-corrected chi connectivity index (χ0v) is 63.8. The average molecular weight is 1730 g/mol. The van der Waals surface area contributed by atoms with E-state index in [1.54, 1.807) is 24.6 Å². The SMILES string of the molecule is CC(C)c1cccc(C(C)C)c1-c1ccc(-c2cccc(C=Nc3cccc4cc(-c5c(C(C)C)cccc5C(C)C)cc(O)c34)n2)c(O)c1.Oc1cc(N(c2ccccc2)c2ccccc2)ccc1-c1cccc(C=Nc2cccc3cc(N(c4ccccc4)c4ccccc4)cc(O)c23)n1.[Pt].[Pt]. The molecule has 12 aromatic carbocycles. The van der Waals surface area contributed by atoms with Crippen molar-refractivity contribution in [2.24, 2.45) is 9.98 Å². The van der Waals surface area contributed by atoms with Gasteiger partial charge in [-0.05, 0) is 206 Å². The number of pyridine rings is 2. The smallest absolute Gasteiger partial charge is 0.127 e. The van der Waals surface area contributed by atoms with E-state index in [0.717, 1.165) is 56.0 Å². The van der Waals surface area contributed by atoms with E-state index in [2.05, 4.69) is 120 Å². The van der Waals surface area contributed by atoms with Gasteiger partial charge in [0.15, 0.2) is 0 Å². The van der Waals surface area contributed by atoms with Crippen LogP contribution in [0.15, 0.2) is 301 Å². The third-order valence-corrected chi connectivity index (χ3v) is 18.5. The van der Waals surface area contributed by atoms with Gasteiger partial charge in [0.05, 0.1) is 52.3 Å². The second-order valence-electron chi connectivity index (χ2n) is 26.8. The molecule has 14 rings (SSSR count). The summed E-state index contributed by atoms with van der Waals surface area (Å²) in [6.07, 6.45) is 3.40. The molecule has 524 valence electrons.